The van der Waals surface area contributed by atoms with E-state index in [2.05, 4.69) is 6.07 Å². The number of fused-ring (bicyclic) bond motifs is 1. The highest BCUT2D eigenvalue weighted by Gasteiger charge is 2.27. The number of hydrogen-bond donors (Lipinski definition) is 1. The van der Waals surface area contributed by atoms with E-state index in [0.29, 0.717) is 12.5 Å². The standard InChI is InChI=1S/C14H16N2OS.ClH/c15-7-10-5-6-16(8-10)14(17)12-9-18-13-4-2-1-3-11(12)13;/h1-4,9-10H,5-8,15H2;1H. The summed E-state index contributed by atoms with van der Waals surface area (Å²) in [5.74, 6) is 0.627. The van der Waals surface area contributed by atoms with Crippen molar-refractivity contribution in [3.63, 3.8) is 0 Å². The van der Waals surface area contributed by atoms with Crippen LogP contribution in [0.15, 0.2) is 29.6 Å². The molecular weight excluding hydrogens is 280 g/mol. The minimum absolute atomic E-state index is 0. The van der Waals surface area contributed by atoms with E-state index in [1.54, 1.807) is 11.3 Å². The molecule has 0 aliphatic carbocycles. The fraction of sp³-hybridized carbons (Fsp3) is 0.357. The molecule has 2 N–H and O–H groups in total. The smallest absolute Gasteiger partial charge is 0.255 e. The highest BCUT2D eigenvalue weighted by molar-refractivity contribution is 7.17. The lowest BCUT2D eigenvalue weighted by Gasteiger charge is -2.15. The van der Waals surface area contributed by atoms with Crippen LogP contribution in [-0.4, -0.2) is 30.4 Å². The zero-order chi connectivity index (χ0) is 12.5. The predicted octanol–water partition coefficient (Wildman–Crippen LogP) is 2.74. The molecule has 1 amide bonds. The van der Waals surface area contributed by atoms with Gasteiger partial charge in [-0.3, -0.25) is 4.79 Å². The van der Waals surface area contributed by atoms with Gasteiger partial charge in [-0.2, -0.15) is 0 Å². The van der Waals surface area contributed by atoms with Crippen LogP contribution >= 0.6 is 23.7 Å². The average Bonchev–Trinajstić information content (AvgIpc) is 3.04. The third-order valence-electron chi connectivity index (χ3n) is 3.62. The van der Waals surface area contributed by atoms with Gasteiger partial charge in [0.15, 0.2) is 0 Å². The van der Waals surface area contributed by atoms with Gasteiger partial charge in [-0.25, -0.2) is 0 Å². The fourth-order valence-corrected chi connectivity index (χ4v) is 3.46. The highest BCUT2D eigenvalue weighted by Crippen LogP contribution is 2.28. The number of halogens is 1. The molecule has 1 atom stereocenters. The van der Waals surface area contributed by atoms with Crippen LogP contribution in [-0.2, 0) is 0 Å². The second-order valence-corrected chi connectivity index (χ2v) is 5.70. The molecule has 0 spiro atoms. The molecule has 1 aromatic carbocycles. The highest BCUT2D eigenvalue weighted by atomic mass is 35.5. The van der Waals surface area contributed by atoms with E-state index in [-0.39, 0.29) is 18.3 Å². The summed E-state index contributed by atoms with van der Waals surface area (Å²) in [6, 6.07) is 8.07. The third kappa shape index (κ3) is 2.61. The fourth-order valence-electron chi connectivity index (χ4n) is 2.52. The van der Waals surface area contributed by atoms with Crippen molar-refractivity contribution in [2.75, 3.05) is 19.6 Å². The Hall–Kier alpha value is -1.10. The lowest BCUT2D eigenvalue weighted by atomic mass is 10.1. The molecule has 1 aliphatic rings. The Kier molecular flexibility index (Phi) is 4.45. The van der Waals surface area contributed by atoms with Gasteiger partial charge in [0.1, 0.15) is 0 Å². The lowest BCUT2D eigenvalue weighted by Crippen LogP contribution is -2.29. The normalized spacial score (nSPS) is 18.6. The molecular formula is C14H17ClN2OS. The van der Waals surface area contributed by atoms with Crippen LogP contribution in [0.2, 0.25) is 0 Å². The molecule has 0 bridgehead atoms. The summed E-state index contributed by atoms with van der Waals surface area (Å²) in [4.78, 5) is 14.4. The number of thiophene rings is 1. The van der Waals surface area contributed by atoms with Crippen LogP contribution < -0.4 is 5.73 Å². The van der Waals surface area contributed by atoms with E-state index in [4.69, 9.17) is 5.73 Å². The van der Waals surface area contributed by atoms with Crippen LogP contribution in [0.3, 0.4) is 0 Å². The molecule has 1 fully saturated rings. The van der Waals surface area contributed by atoms with Crippen LogP contribution in [0.25, 0.3) is 10.1 Å². The number of hydrogen-bond acceptors (Lipinski definition) is 3. The average molecular weight is 297 g/mol. The van der Waals surface area contributed by atoms with E-state index >= 15 is 0 Å². The maximum atomic E-state index is 12.5. The van der Waals surface area contributed by atoms with Crippen molar-refractivity contribution in [1.29, 1.82) is 0 Å². The Morgan fingerprint density at radius 2 is 2.21 bits per heavy atom. The predicted molar refractivity (Wildman–Crippen MR) is 82.1 cm³/mol. The van der Waals surface area contributed by atoms with Crippen LogP contribution in [0.5, 0.6) is 0 Å². The van der Waals surface area contributed by atoms with E-state index < -0.39 is 0 Å². The zero-order valence-electron chi connectivity index (χ0n) is 10.5. The molecule has 1 saturated heterocycles. The molecule has 1 aromatic heterocycles. The van der Waals surface area contributed by atoms with Crippen LogP contribution in [0.4, 0.5) is 0 Å². The Balaban J connectivity index is 0.00000133. The van der Waals surface area contributed by atoms with Gasteiger partial charge >= 0.3 is 0 Å². The number of benzene rings is 1. The number of amides is 1. The van der Waals surface area contributed by atoms with Crippen molar-refractivity contribution >= 4 is 39.7 Å². The Morgan fingerprint density at radius 1 is 1.42 bits per heavy atom. The third-order valence-corrected chi connectivity index (χ3v) is 4.58. The Morgan fingerprint density at radius 3 is 2.95 bits per heavy atom. The monoisotopic (exact) mass is 296 g/mol. The van der Waals surface area contributed by atoms with E-state index in [1.165, 1.54) is 4.70 Å². The summed E-state index contributed by atoms with van der Waals surface area (Å²) in [6.07, 6.45) is 1.03. The van der Waals surface area contributed by atoms with Crippen molar-refractivity contribution in [3.05, 3.63) is 35.2 Å². The van der Waals surface area contributed by atoms with E-state index in [9.17, 15) is 4.79 Å². The zero-order valence-corrected chi connectivity index (χ0v) is 12.2. The van der Waals surface area contributed by atoms with Crippen LogP contribution in [0, 0.1) is 5.92 Å². The topological polar surface area (TPSA) is 46.3 Å². The van der Waals surface area contributed by atoms with Crippen molar-refractivity contribution in [3.8, 4) is 0 Å². The van der Waals surface area contributed by atoms with Crippen molar-refractivity contribution < 1.29 is 4.79 Å². The maximum Gasteiger partial charge on any atom is 0.255 e. The SMILES string of the molecule is Cl.NCC1CCN(C(=O)c2csc3ccccc23)C1. The maximum absolute atomic E-state index is 12.5. The lowest BCUT2D eigenvalue weighted by molar-refractivity contribution is 0.0790. The summed E-state index contributed by atoms with van der Waals surface area (Å²) < 4.78 is 1.18. The first kappa shape index (κ1) is 14.3. The van der Waals surface area contributed by atoms with Gasteiger partial charge in [-0.1, -0.05) is 18.2 Å². The van der Waals surface area contributed by atoms with Gasteiger partial charge in [0.2, 0.25) is 0 Å². The van der Waals surface area contributed by atoms with Gasteiger partial charge in [0.05, 0.1) is 5.56 Å². The van der Waals surface area contributed by atoms with Crippen molar-refractivity contribution in [1.82, 2.24) is 4.90 Å². The second-order valence-electron chi connectivity index (χ2n) is 4.79. The number of nitrogens with zero attached hydrogens (tertiary/aromatic N) is 1. The molecule has 0 saturated carbocycles. The number of likely N-dealkylation sites (tertiary alicyclic amines) is 1. The summed E-state index contributed by atoms with van der Waals surface area (Å²) in [5, 5.41) is 3.05. The first-order chi connectivity index (χ1) is 8.79. The van der Waals surface area contributed by atoms with Gasteiger partial charge in [0.25, 0.3) is 5.91 Å². The van der Waals surface area contributed by atoms with Gasteiger partial charge in [0, 0.05) is 28.6 Å². The summed E-state index contributed by atoms with van der Waals surface area (Å²) in [7, 11) is 0. The Bertz CT molecular complexity index is 584. The number of carbonyl (C=O) groups excluding carboxylic acids is 1. The minimum atomic E-state index is 0. The molecule has 19 heavy (non-hydrogen) atoms. The molecule has 2 aromatic rings. The first-order valence-corrected chi connectivity index (χ1v) is 7.13. The van der Waals surface area contributed by atoms with E-state index in [1.807, 2.05) is 28.5 Å². The summed E-state index contributed by atoms with van der Waals surface area (Å²) in [5.41, 5.74) is 6.51. The van der Waals surface area contributed by atoms with Gasteiger partial charge in [-0.05, 0) is 24.9 Å². The van der Waals surface area contributed by atoms with Gasteiger partial charge in [-0.15, -0.1) is 23.7 Å². The molecule has 2 heterocycles. The molecule has 1 aliphatic heterocycles. The van der Waals surface area contributed by atoms with Crippen molar-refractivity contribution in [2.45, 2.75) is 6.42 Å². The van der Waals surface area contributed by atoms with Crippen LogP contribution in [0.1, 0.15) is 16.8 Å². The summed E-state index contributed by atoms with van der Waals surface area (Å²) >= 11 is 1.64. The molecule has 3 nitrogen and oxygen atoms in total. The Labute approximate surface area is 122 Å². The first-order valence-electron chi connectivity index (χ1n) is 6.25. The minimum Gasteiger partial charge on any atom is -0.338 e. The summed E-state index contributed by atoms with van der Waals surface area (Å²) in [6.45, 7) is 2.32. The molecule has 5 heteroatoms. The van der Waals surface area contributed by atoms with Gasteiger partial charge < -0.3 is 10.6 Å². The molecule has 1 unspecified atom stereocenters. The molecule has 3 rings (SSSR count). The second kappa shape index (κ2) is 5.90. The van der Waals surface area contributed by atoms with E-state index in [0.717, 1.165) is 30.5 Å². The number of nitrogens with two attached hydrogens (primary N) is 1. The quantitative estimate of drug-likeness (QED) is 0.926. The van der Waals surface area contributed by atoms with Crippen molar-refractivity contribution in [2.24, 2.45) is 11.7 Å². The molecule has 102 valence electrons. The number of rotatable bonds is 2. The molecule has 0 radical (unpaired) electrons. The largest absolute Gasteiger partial charge is 0.338 e. The number of carbonyl (C=O) groups is 1.